The van der Waals surface area contributed by atoms with Crippen molar-refractivity contribution in [3.05, 3.63) is 47.4 Å². The second-order valence-corrected chi connectivity index (χ2v) is 10.9. The Morgan fingerprint density at radius 2 is 1.97 bits per heavy atom. The summed E-state index contributed by atoms with van der Waals surface area (Å²) in [5.74, 6) is 2.86. The maximum atomic E-state index is 12.6. The lowest BCUT2D eigenvalue weighted by atomic mass is 10.1. The molecule has 3 N–H and O–H groups in total. The Morgan fingerprint density at radius 3 is 2.82 bits per heavy atom. The van der Waals surface area contributed by atoms with Crippen LogP contribution in [-0.4, -0.2) is 62.0 Å². The van der Waals surface area contributed by atoms with Crippen LogP contribution in [0.5, 0.6) is 5.75 Å². The summed E-state index contributed by atoms with van der Waals surface area (Å²) in [7, 11) is 0. The molecule has 38 heavy (non-hydrogen) atoms. The van der Waals surface area contributed by atoms with E-state index in [1.165, 1.54) is 5.56 Å². The SMILES string of the molecule is NC(=O)C1Cc2nc(-c3ccc4c(c3)CCO4)n(-c3ccnc(N[C@H]4CCCN(C(=O)C5CC5)C4)n3)c2C1. The number of nitrogens with two attached hydrogens (primary N) is 1. The van der Waals surface area contributed by atoms with Crippen molar-refractivity contribution < 1.29 is 14.3 Å². The number of ether oxygens (including phenoxy) is 1. The van der Waals surface area contributed by atoms with Gasteiger partial charge in [0, 0.05) is 67.7 Å². The number of nitrogens with one attached hydrogen (secondary N) is 1. The molecule has 2 atom stereocenters. The fourth-order valence-electron chi connectivity index (χ4n) is 5.99. The first-order valence-electron chi connectivity index (χ1n) is 13.6. The number of anilines is 1. The normalized spacial score (nSPS) is 22.1. The molecular weight excluding hydrogens is 482 g/mol. The average Bonchev–Trinajstić information content (AvgIpc) is 3.35. The molecule has 3 aromatic rings. The van der Waals surface area contributed by atoms with Gasteiger partial charge in [-0.2, -0.15) is 4.98 Å². The van der Waals surface area contributed by atoms with Gasteiger partial charge in [0.1, 0.15) is 17.4 Å². The molecule has 1 aromatic carbocycles. The third-order valence-corrected chi connectivity index (χ3v) is 8.15. The van der Waals surface area contributed by atoms with Gasteiger partial charge in [-0.15, -0.1) is 0 Å². The van der Waals surface area contributed by atoms with Gasteiger partial charge in [-0.05, 0) is 55.5 Å². The lowest BCUT2D eigenvalue weighted by Gasteiger charge is -2.33. The predicted molar refractivity (Wildman–Crippen MR) is 140 cm³/mol. The highest BCUT2D eigenvalue weighted by Crippen LogP contribution is 2.36. The highest BCUT2D eigenvalue weighted by atomic mass is 16.5. The highest BCUT2D eigenvalue weighted by molar-refractivity contribution is 5.81. The second-order valence-electron chi connectivity index (χ2n) is 10.9. The van der Waals surface area contributed by atoms with Crippen molar-refractivity contribution >= 4 is 17.8 Å². The third kappa shape index (κ3) is 4.17. The third-order valence-electron chi connectivity index (χ3n) is 8.15. The number of piperidine rings is 1. The molecule has 2 fully saturated rings. The average molecular weight is 514 g/mol. The summed E-state index contributed by atoms with van der Waals surface area (Å²) in [4.78, 5) is 41.0. The summed E-state index contributed by atoms with van der Waals surface area (Å²) < 4.78 is 7.75. The second kappa shape index (κ2) is 9.11. The minimum atomic E-state index is -0.307. The minimum absolute atomic E-state index is 0.102. The Kier molecular flexibility index (Phi) is 5.56. The lowest BCUT2D eigenvalue weighted by Crippen LogP contribution is -2.45. The Labute approximate surface area is 220 Å². The number of hydrogen-bond acceptors (Lipinski definition) is 7. The van der Waals surface area contributed by atoms with Crippen LogP contribution in [0.3, 0.4) is 0 Å². The van der Waals surface area contributed by atoms with Gasteiger partial charge in [-0.1, -0.05) is 0 Å². The molecule has 7 rings (SSSR count). The van der Waals surface area contributed by atoms with E-state index in [1.807, 2.05) is 27.7 Å². The number of carbonyl (C=O) groups excluding carboxylic acids is 2. The number of amides is 2. The van der Waals surface area contributed by atoms with E-state index in [-0.39, 0.29) is 29.7 Å². The quantitative estimate of drug-likeness (QED) is 0.517. The number of hydrogen-bond donors (Lipinski definition) is 2. The van der Waals surface area contributed by atoms with Crippen molar-refractivity contribution in [1.29, 1.82) is 0 Å². The lowest BCUT2D eigenvalue weighted by molar-refractivity contribution is -0.133. The van der Waals surface area contributed by atoms with Crippen molar-refractivity contribution in [3.63, 3.8) is 0 Å². The Morgan fingerprint density at radius 1 is 1.08 bits per heavy atom. The maximum absolute atomic E-state index is 12.6. The summed E-state index contributed by atoms with van der Waals surface area (Å²) in [5.41, 5.74) is 9.66. The zero-order valence-corrected chi connectivity index (χ0v) is 21.2. The van der Waals surface area contributed by atoms with E-state index in [1.54, 1.807) is 6.20 Å². The molecule has 1 unspecified atom stereocenters. The molecule has 0 bridgehead atoms. The van der Waals surface area contributed by atoms with Gasteiger partial charge in [0.15, 0.2) is 0 Å². The molecule has 10 nitrogen and oxygen atoms in total. The first-order valence-corrected chi connectivity index (χ1v) is 13.6. The molecule has 2 aromatic heterocycles. The van der Waals surface area contributed by atoms with Crippen LogP contribution in [-0.2, 0) is 28.9 Å². The van der Waals surface area contributed by atoms with Crippen LogP contribution in [0.25, 0.3) is 17.2 Å². The Balaban J connectivity index is 1.21. The number of likely N-dealkylation sites (tertiary alicyclic amines) is 1. The van der Waals surface area contributed by atoms with Crippen LogP contribution >= 0.6 is 0 Å². The number of rotatable bonds is 6. The largest absolute Gasteiger partial charge is 0.493 e. The fraction of sp³-hybridized carbons (Fsp3) is 0.464. The highest BCUT2D eigenvalue weighted by Gasteiger charge is 2.36. The van der Waals surface area contributed by atoms with Gasteiger partial charge in [0.05, 0.1) is 12.3 Å². The van der Waals surface area contributed by atoms with Gasteiger partial charge in [-0.3, -0.25) is 14.2 Å². The van der Waals surface area contributed by atoms with E-state index in [0.717, 1.165) is 67.2 Å². The van der Waals surface area contributed by atoms with Crippen molar-refractivity contribution in [2.45, 2.75) is 51.0 Å². The van der Waals surface area contributed by atoms with Crippen molar-refractivity contribution in [3.8, 4) is 23.0 Å². The molecule has 10 heteroatoms. The van der Waals surface area contributed by atoms with Crippen LogP contribution in [0.15, 0.2) is 30.5 Å². The molecular formula is C28H31N7O3. The molecule has 1 saturated heterocycles. The standard InChI is InChI=1S/C28H31N7O3/c29-25(36)19-13-21-22(14-19)35(26(32-21)18-5-6-23-17(12-18)8-11-38-23)24-7-9-30-28(33-24)31-20-2-1-10-34(15-20)27(37)16-3-4-16/h5-7,9,12,16,19-20H,1-4,8,10-11,13-15H2,(H2,29,36)(H,30,31,33)/t19?,20-/m0/s1. The zero-order chi connectivity index (χ0) is 25.8. The fourth-order valence-corrected chi connectivity index (χ4v) is 5.99. The topological polar surface area (TPSA) is 128 Å². The summed E-state index contributed by atoms with van der Waals surface area (Å²) in [5, 5.41) is 3.47. The van der Waals surface area contributed by atoms with E-state index < -0.39 is 0 Å². The van der Waals surface area contributed by atoms with Gasteiger partial charge in [-0.25, -0.2) is 9.97 Å². The van der Waals surface area contributed by atoms with E-state index in [0.29, 0.717) is 37.8 Å². The van der Waals surface area contributed by atoms with E-state index in [9.17, 15) is 9.59 Å². The van der Waals surface area contributed by atoms with Crippen molar-refractivity contribution in [2.24, 2.45) is 17.6 Å². The van der Waals surface area contributed by atoms with Crippen LogP contribution in [0.4, 0.5) is 5.95 Å². The maximum Gasteiger partial charge on any atom is 0.225 e. The van der Waals surface area contributed by atoms with Crippen LogP contribution in [0, 0.1) is 11.8 Å². The number of carbonyl (C=O) groups is 2. The number of imidazole rings is 1. The van der Waals surface area contributed by atoms with Crippen molar-refractivity contribution in [1.82, 2.24) is 24.4 Å². The summed E-state index contributed by atoms with van der Waals surface area (Å²) in [6, 6.07) is 8.13. The van der Waals surface area contributed by atoms with Gasteiger partial charge in [0.25, 0.3) is 0 Å². The van der Waals surface area contributed by atoms with Gasteiger partial charge in [0.2, 0.25) is 17.8 Å². The zero-order valence-electron chi connectivity index (χ0n) is 21.2. The number of aromatic nitrogens is 4. The van der Waals surface area contributed by atoms with E-state index in [2.05, 4.69) is 16.4 Å². The smallest absolute Gasteiger partial charge is 0.225 e. The van der Waals surface area contributed by atoms with Crippen molar-refractivity contribution in [2.75, 3.05) is 25.0 Å². The molecule has 4 aliphatic rings. The Hall–Kier alpha value is -3.95. The van der Waals surface area contributed by atoms with Gasteiger partial charge >= 0.3 is 0 Å². The monoisotopic (exact) mass is 513 g/mol. The van der Waals surface area contributed by atoms with E-state index in [4.69, 9.17) is 20.4 Å². The number of benzene rings is 1. The summed E-state index contributed by atoms with van der Waals surface area (Å²) >= 11 is 0. The number of nitrogens with zero attached hydrogens (tertiary/aromatic N) is 5. The molecule has 4 heterocycles. The Bertz CT molecular complexity index is 1430. The first kappa shape index (κ1) is 23.2. The molecule has 2 aliphatic heterocycles. The minimum Gasteiger partial charge on any atom is -0.493 e. The predicted octanol–water partition coefficient (Wildman–Crippen LogP) is 2.28. The van der Waals surface area contributed by atoms with E-state index >= 15 is 0 Å². The first-order chi connectivity index (χ1) is 18.5. The van der Waals surface area contributed by atoms with Crippen LogP contribution in [0.1, 0.15) is 42.6 Å². The van der Waals surface area contributed by atoms with Gasteiger partial charge < -0.3 is 20.7 Å². The summed E-state index contributed by atoms with van der Waals surface area (Å²) in [6.45, 7) is 2.19. The number of primary amides is 1. The molecule has 0 radical (unpaired) electrons. The number of fused-ring (bicyclic) bond motifs is 2. The summed E-state index contributed by atoms with van der Waals surface area (Å²) in [6.07, 6.45) is 7.64. The van der Waals surface area contributed by atoms with Crippen LogP contribution in [0.2, 0.25) is 0 Å². The molecule has 0 spiro atoms. The molecule has 2 aliphatic carbocycles. The molecule has 196 valence electrons. The van der Waals surface area contributed by atoms with Crippen LogP contribution < -0.4 is 15.8 Å². The molecule has 1 saturated carbocycles. The molecule has 2 amide bonds.